The number of carboxylic acid groups (broad SMARTS) is 1. The van der Waals surface area contributed by atoms with Gasteiger partial charge in [0.2, 0.25) is 0 Å². The van der Waals surface area contributed by atoms with Crippen LogP contribution in [0.2, 0.25) is 0 Å². The van der Waals surface area contributed by atoms with Crippen molar-refractivity contribution in [1.29, 1.82) is 5.41 Å². The molecule has 8 nitrogen and oxygen atoms in total. The van der Waals surface area contributed by atoms with E-state index in [-0.39, 0.29) is 24.4 Å². The largest absolute Gasteiger partial charge is 0.483 e. The third-order valence-corrected chi connectivity index (χ3v) is 5.54. The van der Waals surface area contributed by atoms with Crippen LogP contribution < -0.4 is 21.1 Å². The van der Waals surface area contributed by atoms with Crippen LogP contribution in [0.5, 0.6) is 5.75 Å². The van der Waals surface area contributed by atoms with Crippen molar-refractivity contribution < 1.29 is 19.4 Å². The molecule has 1 aliphatic rings. The lowest BCUT2D eigenvalue weighted by Crippen LogP contribution is -2.31. The number of nitrogens with two attached hydrogens (primary N) is 1. The number of carbonyl (C=O) groups is 2. The van der Waals surface area contributed by atoms with Gasteiger partial charge in [-0.25, -0.2) is 4.79 Å². The van der Waals surface area contributed by atoms with Gasteiger partial charge in [-0.15, -0.1) is 0 Å². The minimum Gasteiger partial charge on any atom is -0.483 e. The number of rotatable bonds is 12. The molecule has 0 heterocycles. The van der Waals surface area contributed by atoms with Crippen LogP contribution in [0.1, 0.15) is 61.4 Å². The monoisotopic (exact) mass is 452 g/mol. The zero-order chi connectivity index (χ0) is 24.0. The van der Waals surface area contributed by atoms with Crippen molar-refractivity contribution in [3.63, 3.8) is 0 Å². The number of hydrogen-bond donors (Lipinski definition) is 5. The van der Waals surface area contributed by atoms with E-state index >= 15 is 0 Å². The number of aryl methyl sites for hydroxylation is 2. The normalized spacial score (nSPS) is 13.8. The summed E-state index contributed by atoms with van der Waals surface area (Å²) in [6.07, 6.45) is 4.27. The van der Waals surface area contributed by atoms with E-state index < -0.39 is 12.0 Å². The Morgan fingerprint density at radius 1 is 1.21 bits per heavy atom. The summed E-state index contributed by atoms with van der Waals surface area (Å²) in [5.41, 5.74) is 9.02. The first-order chi connectivity index (χ1) is 15.8. The smallest absolute Gasteiger partial charge is 0.330 e. The highest BCUT2D eigenvalue weighted by Gasteiger charge is 2.28. The SMILES string of the molecule is CCCc1cc(CC)cc(C(Nc2ccc(C(=N)N)cc2)C(=O)O)c1OCC(=O)NC1CC1. The summed E-state index contributed by atoms with van der Waals surface area (Å²) < 4.78 is 5.97. The molecule has 1 atom stereocenters. The second kappa shape index (κ2) is 10.8. The number of nitrogens with one attached hydrogen (secondary N) is 3. The van der Waals surface area contributed by atoms with E-state index in [2.05, 4.69) is 10.6 Å². The van der Waals surface area contributed by atoms with Crippen molar-refractivity contribution in [2.24, 2.45) is 5.73 Å². The van der Waals surface area contributed by atoms with E-state index in [0.29, 0.717) is 29.0 Å². The lowest BCUT2D eigenvalue weighted by Gasteiger charge is -2.23. The van der Waals surface area contributed by atoms with Gasteiger partial charge in [-0.2, -0.15) is 0 Å². The van der Waals surface area contributed by atoms with Gasteiger partial charge >= 0.3 is 5.97 Å². The van der Waals surface area contributed by atoms with Crippen LogP contribution in [0.3, 0.4) is 0 Å². The molecule has 0 saturated heterocycles. The molecule has 0 radical (unpaired) electrons. The van der Waals surface area contributed by atoms with Gasteiger partial charge in [0.05, 0.1) is 0 Å². The molecule has 6 N–H and O–H groups in total. The Hall–Kier alpha value is -3.55. The van der Waals surface area contributed by atoms with Gasteiger partial charge in [0.15, 0.2) is 12.6 Å². The Bertz CT molecular complexity index is 1020. The standard InChI is InChI=1S/C25H32N4O4/c1-3-5-17-12-15(4-2)13-20(23(17)33-14-21(30)28-18-10-11-18)22(25(31)32)29-19-8-6-16(7-9-19)24(26)27/h6-9,12-13,18,22,29H,3-5,10-11,14H2,1-2H3,(H3,26,27)(H,28,30)(H,31,32). The van der Waals surface area contributed by atoms with Gasteiger partial charge in [-0.05, 0) is 67.1 Å². The molecule has 2 aromatic carbocycles. The van der Waals surface area contributed by atoms with Crippen molar-refractivity contribution >= 4 is 23.4 Å². The summed E-state index contributed by atoms with van der Waals surface area (Å²) >= 11 is 0. The highest BCUT2D eigenvalue weighted by molar-refractivity contribution is 5.95. The Morgan fingerprint density at radius 3 is 2.45 bits per heavy atom. The minimum atomic E-state index is -1.09. The first kappa shape index (κ1) is 24.1. The van der Waals surface area contributed by atoms with E-state index in [1.165, 1.54) is 0 Å². The molecule has 0 bridgehead atoms. The number of hydrogen-bond acceptors (Lipinski definition) is 5. The molecule has 176 valence electrons. The fraction of sp³-hybridized carbons (Fsp3) is 0.400. The number of anilines is 1. The molecule has 1 unspecified atom stereocenters. The fourth-order valence-electron chi connectivity index (χ4n) is 3.65. The molecule has 8 heteroatoms. The minimum absolute atomic E-state index is 0.0589. The van der Waals surface area contributed by atoms with Crippen LogP contribution in [0.25, 0.3) is 0 Å². The molecule has 2 aromatic rings. The zero-order valence-electron chi connectivity index (χ0n) is 19.1. The quantitative estimate of drug-likeness (QED) is 0.247. The second-order valence-electron chi connectivity index (χ2n) is 8.31. The maximum absolute atomic E-state index is 12.3. The summed E-state index contributed by atoms with van der Waals surface area (Å²) in [7, 11) is 0. The first-order valence-corrected chi connectivity index (χ1v) is 11.3. The van der Waals surface area contributed by atoms with Gasteiger partial charge < -0.3 is 26.2 Å². The number of nitrogen functional groups attached to an aromatic ring is 1. The Morgan fingerprint density at radius 2 is 1.91 bits per heavy atom. The molecule has 0 spiro atoms. The summed E-state index contributed by atoms with van der Waals surface area (Å²) in [4.78, 5) is 24.6. The van der Waals surface area contributed by atoms with Gasteiger partial charge in [0.25, 0.3) is 5.91 Å². The van der Waals surface area contributed by atoms with Gasteiger partial charge in [-0.1, -0.05) is 26.3 Å². The third kappa shape index (κ3) is 6.47. The maximum Gasteiger partial charge on any atom is 0.330 e. The lowest BCUT2D eigenvalue weighted by atomic mass is 9.95. The van der Waals surface area contributed by atoms with Crippen LogP contribution in [0.15, 0.2) is 36.4 Å². The number of ether oxygens (including phenoxy) is 1. The Kier molecular flexibility index (Phi) is 7.92. The average molecular weight is 453 g/mol. The zero-order valence-corrected chi connectivity index (χ0v) is 19.1. The van der Waals surface area contributed by atoms with E-state index in [9.17, 15) is 14.7 Å². The molecule has 1 saturated carbocycles. The van der Waals surface area contributed by atoms with Crippen molar-refractivity contribution in [1.82, 2.24) is 5.32 Å². The average Bonchev–Trinajstić information content (AvgIpc) is 3.60. The predicted molar refractivity (Wildman–Crippen MR) is 128 cm³/mol. The van der Waals surface area contributed by atoms with Crippen LogP contribution in [-0.4, -0.2) is 35.5 Å². The van der Waals surface area contributed by atoms with Crippen LogP contribution in [0, 0.1) is 5.41 Å². The topological polar surface area (TPSA) is 138 Å². The summed E-state index contributed by atoms with van der Waals surface area (Å²) in [5, 5.41) is 23.6. The van der Waals surface area contributed by atoms with Crippen molar-refractivity contribution in [2.75, 3.05) is 11.9 Å². The van der Waals surface area contributed by atoms with Crippen LogP contribution >= 0.6 is 0 Å². The van der Waals surface area contributed by atoms with E-state index in [4.69, 9.17) is 15.9 Å². The molecule has 33 heavy (non-hydrogen) atoms. The first-order valence-electron chi connectivity index (χ1n) is 11.3. The van der Waals surface area contributed by atoms with Crippen molar-refractivity contribution in [2.45, 2.75) is 58.0 Å². The summed E-state index contributed by atoms with van der Waals surface area (Å²) in [5.74, 6) is -0.879. The molecular weight excluding hydrogens is 420 g/mol. The predicted octanol–water partition coefficient (Wildman–Crippen LogP) is 3.38. The molecule has 1 aliphatic carbocycles. The molecule has 3 rings (SSSR count). The number of benzene rings is 2. The second-order valence-corrected chi connectivity index (χ2v) is 8.31. The molecular formula is C25H32N4O4. The van der Waals surface area contributed by atoms with Gasteiger partial charge in [0.1, 0.15) is 11.6 Å². The third-order valence-electron chi connectivity index (χ3n) is 5.54. The van der Waals surface area contributed by atoms with Crippen molar-refractivity contribution in [3.8, 4) is 5.75 Å². The van der Waals surface area contributed by atoms with E-state index in [1.807, 2.05) is 26.0 Å². The summed E-state index contributed by atoms with van der Waals surface area (Å²) in [6, 6.07) is 9.70. The number of aliphatic carboxylic acids is 1. The van der Waals surface area contributed by atoms with E-state index in [0.717, 1.165) is 36.8 Å². The fourth-order valence-corrected chi connectivity index (χ4v) is 3.65. The number of amidine groups is 1. The number of carboxylic acids is 1. The molecule has 0 aliphatic heterocycles. The van der Waals surface area contributed by atoms with Crippen LogP contribution in [-0.2, 0) is 22.4 Å². The van der Waals surface area contributed by atoms with E-state index in [1.54, 1.807) is 24.3 Å². The molecule has 0 aromatic heterocycles. The van der Waals surface area contributed by atoms with Gasteiger partial charge in [0, 0.05) is 22.9 Å². The number of amides is 1. The van der Waals surface area contributed by atoms with Crippen molar-refractivity contribution in [3.05, 3.63) is 58.7 Å². The lowest BCUT2D eigenvalue weighted by molar-refractivity contribution is -0.138. The highest BCUT2D eigenvalue weighted by atomic mass is 16.5. The number of carbonyl (C=O) groups excluding carboxylic acids is 1. The Balaban J connectivity index is 1.95. The molecule has 1 amide bonds. The Labute approximate surface area is 194 Å². The maximum atomic E-state index is 12.3. The van der Waals surface area contributed by atoms with Crippen LogP contribution in [0.4, 0.5) is 5.69 Å². The molecule has 1 fully saturated rings. The summed E-state index contributed by atoms with van der Waals surface area (Å²) in [6.45, 7) is 3.90. The van der Waals surface area contributed by atoms with Gasteiger partial charge in [-0.3, -0.25) is 10.2 Å². The highest BCUT2D eigenvalue weighted by Crippen LogP contribution is 2.34.